The third kappa shape index (κ3) is 3.78. The number of carboxylic acids is 1. The topological polar surface area (TPSA) is 71.4 Å². The van der Waals surface area contributed by atoms with E-state index in [1.54, 1.807) is 12.1 Å². The van der Waals surface area contributed by atoms with Crippen LogP contribution >= 0.6 is 50.5 Å². The maximum absolute atomic E-state index is 12.4. The van der Waals surface area contributed by atoms with E-state index in [9.17, 15) is 13.2 Å². The van der Waals surface area contributed by atoms with Crippen LogP contribution in [0.15, 0.2) is 32.9 Å². The number of sulfone groups is 1. The summed E-state index contributed by atoms with van der Waals surface area (Å²) in [5.41, 5.74) is -0.299. The average Bonchev–Trinajstić information content (AvgIpc) is 2.72. The highest BCUT2D eigenvalue weighted by atomic mass is 79.9. The summed E-state index contributed by atoms with van der Waals surface area (Å²) in [5.74, 6) is -1.57. The van der Waals surface area contributed by atoms with Gasteiger partial charge in [-0.15, -0.1) is 11.3 Å². The van der Waals surface area contributed by atoms with Gasteiger partial charge in [-0.1, -0.05) is 23.2 Å². The van der Waals surface area contributed by atoms with E-state index in [4.69, 9.17) is 28.3 Å². The highest BCUT2D eigenvalue weighted by Crippen LogP contribution is 2.32. The Labute approximate surface area is 143 Å². The Morgan fingerprint density at radius 1 is 1.24 bits per heavy atom. The van der Waals surface area contributed by atoms with Gasteiger partial charge in [0, 0.05) is 4.88 Å². The first-order chi connectivity index (χ1) is 9.70. The molecule has 0 saturated heterocycles. The molecular formula is C12H7BrCl2O4S2. The molecule has 0 atom stereocenters. The lowest BCUT2D eigenvalue weighted by Gasteiger charge is -2.08. The van der Waals surface area contributed by atoms with Crippen LogP contribution in [0.1, 0.15) is 15.2 Å². The highest BCUT2D eigenvalue weighted by molar-refractivity contribution is 9.11. The molecule has 0 unspecified atom stereocenters. The van der Waals surface area contributed by atoms with Crippen LogP contribution in [0.25, 0.3) is 0 Å². The number of hydrogen-bond acceptors (Lipinski definition) is 4. The van der Waals surface area contributed by atoms with Gasteiger partial charge in [0.15, 0.2) is 9.84 Å². The lowest BCUT2D eigenvalue weighted by Crippen LogP contribution is -2.07. The molecule has 0 aliphatic heterocycles. The van der Waals surface area contributed by atoms with Gasteiger partial charge in [-0.3, -0.25) is 0 Å². The molecule has 0 fully saturated rings. The Hall–Kier alpha value is -0.600. The van der Waals surface area contributed by atoms with Crippen LogP contribution in [0.2, 0.25) is 10.0 Å². The van der Waals surface area contributed by atoms with Crippen LogP contribution in [0, 0.1) is 0 Å². The van der Waals surface area contributed by atoms with Gasteiger partial charge in [0.1, 0.15) is 0 Å². The van der Waals surface area contributed by atoms with Crippen molar-refractivity contribution < 1.29 is 18.3 Å². The number of benzene rings is 1. The van der Waals surface area contributed by atoms with Crippen molar-refractivity contribution in [2.24, 2.45) is 0 Å². The van der Waals surface area contributed by atoms with Crippen LogP contribution in [-0.2, 0) is 15.6 Å². The number of aromatic carboxylic acids is 1. The van der Waals surface area contributed by atoms with Crippen LogP contribution in [0.3, 0.4) is 0 Å². The summed E-state index contributed by atoms with van der Waals surface area (Å²) in [4.78, 5) is 11.4. The van der Waals surface area contributed by atoms with Gasteiger partial charge in [-0.25, -0.2) is 13.2 Å². The summed E-state index contributed by atoms with van der Waals surface area (Å²) in [6.45, 7) is 0. The van der Waals surface area contributed by atoms with Gasteiger partial charge in [0.2, 0.25) is 0 Å². The van der Waals surface area contributed by atoms with E-state index < -0.39 is 15.8 Å². The maximum Gasteiger partial charge on any atom is 0.337 e. The second-order valence-electron chi connectivity index (χ2n) is 4.03. The van der Waals surface area contributed by atoms with Crippen LogP contribution in [-0.4, -0.2) is 19.5 Å². The fourth-order valence-electron chi connectivity index (χ4n) is 1.63. The zero-order valence-electron chi connectivity index (χ0n) is 10.1. The van der Waals surface area contributed by atoms with E-state index in [-0.39, 0.29) is 26.3 Å². The van der Waals surface area contributed by atoms with Crippen molar-refractivity contribution in [3.63, 3.8) is 0 Å². The Bertz CT molecular complexity index is 815. The molecule has 0 aliphatic carbocycles. The molecule has 21 heavy (non-hydrogen) atoms. The van der Waals surface area contributed by atoms with Crippen molar-refractivity contribution >= 4 is 66.3 Å². The largest absolute Gasteiger partial charge is 0.478 e. The first-order valence-electron chi connectivity index (χ1n) is 5.40. The molecule has 112 valence electrons. The molecule has 0 aliphatic rings. The van der Waals surface area contributed by atoms with Gasteiger partial charge >= 0.3 is 5.97 Å². The molecular weight excluding hydrogens is 423 g/mol. The first kappa shape index (κ1) is 16.8. The molecule has 2 aromatic rings. The van der Waals surface area contributed by atoms with Gasteiger partial charge < -0.3 is 5.11 Å². The first-order valence-corrected chi connectivity index (χ1v) is 9.42. The Morgan fingerprint density at radius 2 is 1.90 bits per heavy atom. The van der Waals surface area contributed by atoms with E-state index in [0.29, 0.717) is 4.88 Å². The molecule has 9 heteroatoms. The van der Waals surface area contributed by atoms with Crippen molar-refractivity contribution in [1.82, 2.24) is 0 Å². The van der Waals surface area contributed by atoms with E-state index in [2.05, 4.69) is 15.9 Å². The SMILES string of the molecule is O=C(O)c1cc(S(=O)(=O)Cc2ccc(Br)s2)c(Cl)cc1Cl. The van der Waals surface area contributed by atoms with Crippen molar-refractivity contribution in [2.45, 2.75) is 10.6 Å². The van der Waals surface area contributed by atoms with Crippen molar-refractivity contribution in [3.05, 3.63) is 48.5 Å². The fourth-order valence-corrected chi connectivity index (χ4v) is 5.70. The van der Waals surface area contributed by atoms with Gasteiger partial charge in [0.05, 0.1) is 30.0 Å². The third-order valence-corrected chi connectivity index (χ3v) is 6.79. The van der Waals surface area contributed by atoms with Gasteiger partial charge in [-0.2, -0.15) is 0 Å². The fraction of sp³-hybridized carbons (Fsp3) is 0.0833. The van der Waals surface area contributed by atoms with Gasteiger partial charge in [-0.05, 0) is 40.2 Å². The monoisotopic (exact) mass is 428 g/mol. The normalized spacial score (nSPS) is 11.6. The predicted molar refractivity (Wildman–Crippen MR) is 86.3 cm³/mol. The van der Waals surface area contributed by atoms with Crippen molar-refractivity contribution in [3.8, 4) is 0 Å². The zero-order valence-corrected chi connectivity index (χ0v) is 14.9. The second kappa shape index (κ2) is 6.26. The number of carbonyl (C=O) groups is 1. The molecule has 0 saturated carbocycles. The molecule has 1 N–H and O–H groups in total. The Morgan fingerprint density at radius 3 is 2.43 bits per heavy atom. The molecule has 4 nitrogen and oxygen atoms in total. The minimum Gasteiger partial charge on any atom is -0.478 e. The van der Waals surface area contributed by atoms with Gasteiger partial charge in [0.25, 0.3) is 0 Å². The molecule has 1 aromatic carbocycles. The summed E-state index contributed by atoms with van der Waals surface area (Å²) in [5, 5.41) is 8.81. The molecule has 0 radical (unpaired) electrons. The van der Waals surface area contributed by atoms with Crippen LogP contribution in [0.5, 0.6) is 0 Å². The summed E-state index contributed by atoms with van der Waals surface area (Å²) in [6.07, 6.45) is 0. The lowest BCUT2D eigenvalue weighted by atomic mass is 10.2. The van der Waals surface area contributed by atoms with E-state index in [1.165, 1.54) is 11.3 Å². The second-order valence-corrected chi connectivity index (χ2v) is 9.35. The molecule has 0 amide bonds. The Balaban J connectivity index is 2.49. The van der Waals surface area contributed by atoms with Crippen molar-refractivity contribution in [2.75, 3.05) is 0 Å². The summed E-state index contributed by atoms with van der Waals surface area (Å²) in [6, 6.07) is 5.53. The van der Waals surface area contributed by atoms with E-state index in [1.807, 2.05) is 0 Å². The molecule has 2 rings (SSSR count). The predicted octanol–water partition coefficient (Wildman–Crippen LogP) is 4.49. The van der Waals surface area contributed by atoms with E-state index in [0.717, 1.165) is 15.9 Å². The van der Waals surface area contributed by atoms with E-state index >= 15 is 0 Å². The summed E-state index contributed by atoms with van der Waals surface area (Å²) in [7, 11) is -3.77. The summed E-state index contributed by atoms with van der Waals surface area (Å²) >= 11 is 16.2. The number of carboxylic acid groups (broad SMARTS) is 1. The number of rotatable bonds is 4. The molecule has 1 aromatic heterocycles. The molecule has 0 bridgehead atoms. The minimum absolute atomic E-state index is 0.0966. The zero-order chi connectivity index (χ0) is 15.8. The summed E-state index contributed by atoms with van der Waals surface area (Å²) < 4.78 is 25.6. The number of hydrogen-bond donors (Lipinski definition) is 1. The lowest BCUT2D eigenvalue weighted by molar-refractivity contribution is 0.0697. The maximum atomic E-state index is 12.4. The standard InChI is InChI=1S/C12H7BrCl2O4S2/c13-11-2-1-6(20-11)5-21(18,19)10-3-7(12(16)17)8(14)4-9(10)15/h1-4H,5H2,(H,16,17). The average molecular weight is 430 g/mol. The molecule has 1 heterocycles. The quantitative estimate of drug-likeness (QED) is 0.776. The smallest absolute Gasteiger partial charge is 0.337 e. The molecule has 0 spiro atoms. The third-order valence-electron chi connectivity index (χ3n) is 2.55. The number of thiophene rings is 1. The van der Waals surface area contributed by atoms with Crippen molar-refractivity contribution in [1.29, 1.82) is 0 Å². The van der Waals surface area contributed by atoms with Crippen LogP contribution < -0.4 is 0 Å². The highest BCUT2D eigenvalue weighted by Gasteiger charge is 2.23. The number of halogens is 3. The Kier molecular flexibility index (Phi) is 4.99. The minimum atomic E-state index is -3.77. The van der Waals surface area contributed by atoms with Crippen LogP contribution in [0.4, 0.5) is 0 Å².